The van der Waals surface area contributed by atoms with Gasteiger partial charge >= 0.3 is 0 Å². The van der Waals surface area contributed by atoms with E-state index in [0.29, 0.717) is 18.7 Å². The van der Waals surface area contributed by atoms with E-state index in [2.05, 4.69) is 15.5 Å². The highest BCUT2D eigenvalue weighted by atomic mass is 16.5. The van der Waals surface area contributed by atoms with Crippen molar-refractivity contribution < 1.29 is 14.6 Å². The van der Waals surface area contributed by atoms with E-state index in [9.17, 15) is 9.90 Å². The minimum absolute atomic E-state index is 0.149. The Balaban J connectivity index is 2.02. The predicted molar refractivity (Wildman–Crippen MR) is 75.5 cm³/mol. The fourth-order valence-electron chi connectivity index (χ4n) is 1.90. The van der Waals surface area contributed by atoms with Gasteiger partial charge < -0.3 is 15.2 Å². The summed E-state index contributed by atoms with van der Waals surface area (Å²) in [7, 11) is 1.57. The third-order valence-electron chi connectivity index (χ3n) is 3.16. The van der Waals surface area contributed by atoms with E-state index < -0.39 is 5.60 Å². The van der Waals surface area contributed by atoms with Crippen LogP contribution in [0.4, 0.5) is 0 Å². The first-order chi connectivity index (χ1) is 9.53. The lowest BCUT2D eigenvalue weighted by Crippen LogP contribution is -2.41. The summed E-state index contributed by atoms with van der Waals surface area (Å²) in [6.07, 6.45) is 0.449. The number of aromatic nitrogens is 2. The number of carbonyl (C=O) groups excluding carboxylic acids is 1. The van der Waals surface area contributed by atoms with E-state index in [1.54, 1.807) is 14.0 Å². The summed E-state index contributed by atoms with van der Waals surface area (Å²) >= 11 is 0. The molecule has 108 valence electrons. The molecule has 6 heteroatoms. The lowest BCUT2D eigenvalue weighted by atomic mass is 10.0. The highest BCUT2D eigenvalue weighted by molar-refractivity contribution is 6.04. The number of hydrogen-bond acceptors (Lipinski definition) is 4. The van der Waals surface area contributed by atoms with E-state index in [-0.39, 0.29) is 12.5 Å². The number of aliphatic hydroxyl groups is 1. The summed E-state index contributed by atoms with van der Waals surface area (Å²) < 4.78 is 4.92. The molecule has 2 rings (SSSR count). The van der Waals surface area contributed by atoms with Gasteiger partial charge in [-0.25, -0.2) is 0 Å². The smallest absolute Gasteiger partial charge is 0.272 e. The van der Waals surface area contributed by atoms with Gasteiger partial charge in [0.1, 0.15) is 0 Å². The number of ether oxygens (including phenoxy) is 1. The van der Waals surface area contributed by atoms with Crippen molar-refractivity contribution in [2.24, 2.45) is 0 Å². The number of nitrogens with one attached hydrogen (secondary N) is 2. The van der Waals surface area contributed by atoms with Crippen LogP contribution in [0.15, 0.2) is 24.3 Å². The molecule has 0 aliphatic rings. The topological polar surface area (TPSA) is 87.2 Å². The van der Waals surface area contributed by atoms with Crippen molar-refractivity contribution in [1.29, 1.82) is 0 Å². The zero-order chi connectivity index (χ0) is 14.6. The Morgan fingerprint density at radius 3 is 3.00 bits per heavy atom. The summed E-state index contributed by atoms with van der Waals surface area (Å²) in [5.41, 5.74) is 0.143. The lowest BCUT2D eigenvalue weighted by molar-refractivity contribution is 0.0243. The molecule has 2 aromatic rings. The first kappa shape index (κ1) is 14.5. The van der Waals surface area contributed by atoms with Crippen LogP contribution in [-0.2, 0) is 4.74 Å². The Kier molecular flexibility index (Phi) is 4.36. The van der Waals surface area contributed by atoms with Gasteiger partial charge in [-0.15, -0.1) is 0 Å². The molecule has 20 heavy (non-hydrogen) atoms. The molecule has 0 bridgehead atoms. The van der Waals surface area contributed by atoms with Gasteiger partial charge in [-0.05, 0) is 13.0 Å². The molecule has 1 unspecified atom stereocenters. The molecule has 0 aliphatic carbocycles. The van der Waals surface area contributed by atoms with Crippen LogP contribution in [0.2, 0.25) is 0 Å². The molecule has 0 saturated carbocycles. The Labute approximate surface area is 117 Å². The van der Waals surface area contributed by atoms with Crippen LogP contribution in [-0.4, -0.2) is 47.1 Å². The number of hydrogen-bond donors (Lipinski definition) is 3. The van der Waals surface area contributed by atoms with Crippen molar-refractivity contribution in [1.82, 2.24) is 15.5 Å². The molecule has 0 aliphatic heterocycles. The molecule has 6 nitrogen and oxygen atoms in total. The number of amides is 1. The number of nitrogens with zero attached hydrogens (tertiary/aromatic N) is 1. The van der Waals surface area contributed by atoms with E-state index in [1.807, 2.05) is 24.3 Å². The molecular weight excluding hydrogens is 258 g/mol. The summed E-state index contributed by atoms with van der Waals surface area (Å²) in [5.74, 6) is -0.305. The zero-order valence-electron chi connectivity index (χ0n) is 11.6. The Morgan fingerprint density at radius 1 is 1.50 bits per heavy atom. The molecule has 0 spiro atoms. The maximum absolute atomic E-state index is 12.1. The second-order valence-electron chi connectivity index (χ2n) is 5.04. The number of para-hydroxylation sites is 1. The normalized spacial score (nSPS) is 14.2. The molecular formula is C14H19N3O3. The van der Waals surface area contributed by atoms with Gasteiger partial charge in [-0.1, -0.05) is 18.2 Å². The largest absolute Gasteiger partial charge is 0.388 e. The van der Waals surface area contributed by atoms with E-state index in [4.69, 9.17) is 4.74 Å². The van der Waals surface area contributed by atoms with Crippen molar-refractivity contribution in [2.45, 2.75) is 18.9 Å². The van der Waals surface area contributed by atoms with Crippen LogP contribution < -0.4 is 5.32 Å². The number of H-pyrrole nitrogens is 1. The standard InChI is InChI=1S/C14H19N3O3/c1-14(19,7-8-20-2)9-15-13(18)12-10-5-3-4-6-11(10)16-17-12/h3-6,19H,7-9H2,1-2H3,(H,15,18)(H,16,17). The highest BCUT2D eigenvalue weighted by Gasteiger charge is 2.22. The van der Waals surface area contributed by atoms with Crippen molar-refractivity contribution in [3.8, 4) is 0 Å². The Morgan fingerprint density at radius 2 is 2.25 bits per heavy atom. The number of carbonyl (C=O) groups is 1. The van der Waals surface area contributed by atoms with Crippen LogP contribution >= 0.6 is 0 Å². The van der Waals surface area contributed by atoms with E-state index in [1.165, 1.54) is 0 Å². The number of methoxy groups -OCH3 is 1. The van der Waals surface area contributed by atoms with Crippen molar-refractivity contribution in [3.05, 3.63) is 30.0 Å². The minimum atomic E-state index is -1.00. The molecule has 1 amide bonds. The number of fused-ring (bicyclic) bond motifs is 1. The zero-order valence-corrected chi connectivity index (χ0v) is 11.6. The SMILES string of the molecule is COCCC(C)(O)CNC(=O)c1n[nH]c2ccccc12. The first-order valence-corrected chi connectivity index (χ1v) is 6.46. The van der Waals surface area contributed by atoms with Crippen molar-refractivity contribution in [2.75, 3.05) is 20.3 Å². The summed E-state index contributed by atoms with van der Waals surface area (Å²) in [6, 6.07) is 7.41. The van der Waals surface area contributed by atoms with Crippen LogP contribution in [0.25, 0.3) is 10.9 Å². The van der Waals surface area contributed by atoms with Crippen molar-refractivity contribution >= 4 is 16.8 Å². The van der Waals surface area contributed by atoms with Crippen LogP contribution in [0, 0.1) is 0 Å². The molecule has 1 aromatic carbocycles. The van der Waals surface area contributed by atoms with Gasteiger partial charge in [0.2, 0.25) is 0 Å². The number of rotatable bonds is 6. The second-order valence-corrected chi connectivity index (χ2v) is 5.04. The van der Waals surface area contributed by atoms with Gasteiger partial charge in [0.15, 0.2) is 5.69 Å². The van der Waals surface area contributed by atoms with Gasteiger partial charge in [0.05, 0.1) is 11.1 Å². The third-order valence-corrected chi connectivity index (χ3v) is 3.16. The van der Waals surface area contributed by atoms with Gasteiger partial charge in [-0.3, -0.25) is 9.89 Å². The van der Waals surface area contributed by atoms with Crippen LogP contribution in [0.3, 0.4) is 0 Å². The molecule has 1 aromatic heterocycles. The fraction of sp³-hybridized carbons (Fsp3) is 0.429. The summed E-state index contributed by atoms with van der Waals surface area (Å²) in [4.78, 5) is 12.1. The second kappa shape index (κ2) is 6.02. The van der Waals surface area contributed by atoms with Crippen LogP contribution in [0.5, 0.6) is 0 Å². The average molecular weight is 277 g/mol. The Hall–Kier alpha value is -1.92. The van der Waals surface area contributed by atoms with Gasteiger partial charge in [0.25, 0.3) is 5.91 Å². The highest BCUT2D eigenvalue weighted by Crippen LogP contribution is 2.15. The maximum atomic E-state index is 12.1. The number of benzene rings is 1. The molecule has 0 saturated heterocycles. The molecule has 3 N–H and O–H groups in total. The summed E-state index contributed by atoms with van der Waals surface area (Å²) in [5, 5.41) is 20.4. The third kappa shape index (κ3) is 3.34. The van der Waals surface area contributed by atoms with Gasteiger partial charge in [-0.2, -0.15) is 5.10 Å². The molecule has 1 heterocycles. The lowest BCUT2D eigenvalue weighted by Gasteiger charge is -2.22. The van der Waals surface area contributed by atoms with Crippen molar-refractivity contribution in [3.63, 3.8) is 0 Å². The monoisotopic (exact) mass is 277 g/mol. The minimum Gasteiger partial charge on any atom is -0.388 e. The molecule has 0 radical (unpaired) electrons. The van der Waals surface area contributed by atoms with E-state index >= 15 is 0 Å². The van der Waals surface area contributed by atoms with E-state index in [0.717, 1.165) is 10.9 Å². The quantitative estimate of drug-likeness (QED) is 0.737. The van der Waals surface area contributed by atoms with Crippen LogP contribution in [0.1, 0.15) is 23.8 Å². The van der Waals surface area contributed by atoms with Gasteiger partial charge in [0, 0.05) is 32.1 Å². The fourth-order valence-corrected chi connectivity index (χ4v) is 1.90. The predicted octanol–water partition coefficient (Wildman–Crippen LogP) is 1.08. The molecule has 0 fully saturated rings. The molecule has 1 atom stereocenters. The first-order valence-electron chi connectivity index (χ1n) is 6.46. The Bertz CT molecular complexity index is 592. The number of aromatic amines is 1. The maximum Gasteiger partial charge on any atom is 0.272 e. The average Bonchev–Trinajstić information content (AvgIpc) is 2.87. The summed E-state index contributed by atoms with van der Waals surface area (Å²) in [6.45, 7) is 2.25.